The number of nitrogens with zero attached hydrogens (tertiary/aromatic N) is 1. The number of halogens is 1. The molecule has 9 heteroatoms. The van der Waals surface area contributed by atoms with Crippen molar-refractivity contribution in [2.24, 2.45) is 0 Å². The van der Waals surface area contributed by atoms with Crippen LogP contribution in [0.4, 0.5) is 5.82 Å². The Hall–Kier alpha value is -2.06. The Labute approximate surface area is 125 Å². The number of aryl methyl sites for hydroxylation is 1. The van der Waals surface area contributed by atoms with E-state index in [1.165, 1.54) is 25.1 Å². The lowest BCUT2D eigenvalue weighted by Gasteiger charge is -2.11. The summed E-state index contributed by atoms with van der Waals surface area (Å²) in [6, 6.07) is 3.77. The van der Waals surface area contributed by atoms with Gasteiger partial charge in [0.05, 0.1) is 10.5 Å². The minimum Gasteiger partial charge on any atom is -0.478 e. The molecule has 1 aromatic carbocycles. The normalized spacial score (nSPS) is 11.4. The Balaban J connectivity index is 2.52. The van der Waals surface area contributed by atoms with Gasteiger partial charge < -0.3 is 9.63 Å². The molecule has 1 heterocycles. The third-order valence-corrected chi connectivity index (χ3v) is 4.41. The average Bonchev–Trinajstić information content (AvgIpc) is 2.76. The summed E-state index contributed by atoms with van der Waals surface area (Å²) in [4.78, 5) is 10.9. The summed E-state index contributed by atoms with van der Waals surface area (Å²) in [6.45, 7) is 3.00. The maximum absolute atomic E-state index is 12.3. The Morgan fingerprint density at radius 3 is 2.52 bits per heavy atom. The van der Waals surface area contributed by atoms with Gasteiger partial charge in [-0.1, -0.05) is 16.8 Å². The van der Waals surface area contributed by atoms with E-state index in [2.05, 4.69) is 9.88 Å². The highest BCUT2D eigenvalue weighted by molar-refractivity contribution is 7.92. The number of rotatable bonds is 4. The highest BCUT2D eigenvalue weighted by atomic mass is 35.5. The zero-order valence-electron chi connectivity index (χ0n) is 11.0. The first-order valence-electron chi connectivity index (χ1n) is 5.70. The molecule has 0 aliphatic heterocycles. The third-order valence-electron chi connectivity index (χ3n) is 2.71. The van der Waals surface area contributed by atoms with Crippen LogP contribution in [0.15, 0.2) is 27.6 Å². The molecule has 7 nitrogen and oxygen atoms in total. The van der Waals surface area contributed by atoms with Crippen molar-refractivity contribution in [3.63, 3.8) is 0 Å². The number of aromatic carboxylic acids is 1. The van der Waals surface area contributed by atoms with Crippen molar-refractivity contribution in [1.29, 1.82) is 0 Å². The van der Waals surface area contributed by atoms with Crippen molar-refractivity contribution in [2.75, 3.05) is 4.72 Å². The zero-order valence-corrected chi connectivity index (χ0v) is 12.6. The molecule has 0 fully saturated rings. The maximum atomic E-state index is 12.3. The summed E-state index contributed by atoms with van der Waals surface area (Å²) < 4.78 is 31.6. The monoisotopic (exact) mass is 330 g/mol. The van der Waals surface area contributed by atoms with Crippen LogP contribution < -0.4 is 4.72 Å². The van der Waals surface area contributed by atoms with Crippen molar-refractivity contribution in [3.8, 4) is 0 Å². The molecule has 1 aromatic heterocycles. The summed E-state index contributed by atoms with van der Waals surface area (Å²) in [6.07, 6.45) is 0. The fourth-order valence-corrected chi connectivity index (χ4v) is 3.32. The van der Waals surface area contributed by atoms with Gasteiger partial charge in [0.1, 0.15) is 5.76 Å². The molecule has 0 aliphatic carbocycles. The fraction of sp³-hybridized carbons (Fsp3) is 0.167. The van der Waals surface area contributed by atoms with Crippen molar-refractivity contribution < 1.29 is 22.8 Å². The van der Waals surface area contributed by atoms with E-state index < -0.39 is 16.0 Å². The number of carbonyl (C=O) groups is 1. The molecule has 0 atom stereocenters. The number of aromatic nitrogens is 1. The van der Waals surface area contributed by atoms with Gasteiger partial charge in [0, 0.05) is 11.1 Å². The molecule has 0 amide bonds. The third kappa shape index (κ3) is 3.17. The molecule has 2 rings (SSSR count). The van der Waals surface area contributed by atoms with Crippen LogP contribution in [-0.4, -0.2) is 24.7 Å². The number of nitrogens with one attached hydrogen (secondary N) is 1. The van der Waals surface area contributed by atoms with Crippen LogP contribution in [0.25, 0.3) is 0 Å². The number of carboxylic acids is 1. The molecule has 2 N–H and O–H groups in total. The smallest absolute Gasteiger partial charge is 0.336 e. The van der Waals surface area contributed by atoms with Gasteiger partial charge in [0.15, 0.2) is 5.82 Å². The van der Waals surface area contributed by atoms with Gasteiger partial charge in [-0.05, 0) is 31.5 Å². The van der Waals surface area contributed by atoms with Gasteiger partial charge in [-0.3, -0.25) is 4.72 Å². The first-order chi connectivity index (χ1) is 9.70. The number of hydrogen-bond acceptors (Lipinski definition) is 5. The first-order valence-corrected chi connectivity index (χ1v) is 7.56. The van der Waals surface area contributed by atoms with Crippen LogP contribution >= 0.6 is 11.6 Å². The maximum Gasteiger partial charge on any atom is 0.336 e. The van der Waals surface area contributed by atoms with E-state index >= 15 is 0 Å². The predicted molar refractivity (Wildman–Crippen MR) is 75.2 cm³/mol. The average molecular weight is 331 g/mol. The molecule has 0 saturated heterocycles. The highest BCUT2D eigenvalue weighted by Gasteiger charge is 2.23. The first kappa shape index (κ1) is 15.3. The zero-order chi connectivity index (χ0) is 15.8. The van der Waals surface area contributed by atoms with Crippen LogP contribution in [0.1, 0.15) is 21.7 Å². The molecule has 0 bridgehead atoms. The second kappa shape index (κ2) is 5.38. The van der Waals surface area contributed by atoms with Crippen molar-refractivity contribution in [3.05, 3.63) is 40.1 Å². The number of sulfonamides is 1. The van der Waals surface area contributed by atoms with Crippen LogP contribution in [0, 0.1) is 13.8 Å². The van der Waals surface area contributed by atoms with E-state index in [0.29, 0.717) is 5.76 Å². The van der Waals surface area contributed by atoms with Crippen molar-refractivity contribution in [2.45, 2.75) is 18.7 Å². The second-order valence-electron chi connectivity index (χ2n) is 4.31. The van der Waals surface area contributed by atoms with Crippen LogP contribution in [0.3, 0.4) is 0 Å². The number of carboxylic acid groups (broad SMARTS) is 1. The standard InChI is InChI=1S/C12H11ClN2O5S/c1-6-3-11(14-20-6)15-21(18,19)10-5-8(13)4-9(7(10)2)12(16)17/h3-5H,1-2H3,(H,14,15)(H,16,17). The number of hydrogen-bond donors (Lipinski definition) is 2. The van der Waals surface area contributed by atoms with Gasteiger partial charge in [0.2, 0.25) is 0 Å². The largest absolute Gasteiger partial charge is 0.478 e. The molecule has 0 unspecified atom stereocenters. The molecule has 112 valence electrons. The Morgan fingerprint density at radius 1 is 1.33 bits per heavy atom. The minimum atomic E-state index is -4.03. The van der Waals surface area contributed by atoms with Crippen LogP contribution in [-0.2, 0) is 10.0 Å². The molecule has 21 heavy (non-hydrogen) atoms. The van der Waals surface area contributed by atoms with Gasteiger partial charge >= 0.3 is 5.97 Å². The van der Waals surface area contributed by atoms with E-state index in [9.17, 15) is 13.2 Å². The summed E-state index contributed by atoms with van der Waals surface area (Å²) in [7, 11) is -4.03. The molecular weight excluding hydrogens is 320 g/mol. The number of benzene rings is 1. The van der Waals surface area contributed by atoms with Crippen molar-refractivity contribution in [1.82, 2.24) is 5.16 Å². The highest BCUT2D eigenvalue weighted by Crippen LogP contribution is 2.26. The minimum absolute atomic E-state index is 0.00347. The quantitative estimate of drug-likeness (QED) is 0.891. The van der Waals surface area contributed by atoms with Gasteiger partial charge in [-0.2, -0.15) is 0 Å². The topological polar surface area (TPSA) is 110 Å². The summed E-state index contributed by atoms with van der Waals surface area (Å²) in [5, 5.41) is 12.6. The predicted octanol–water partition coefficient (Wildman–Crippen LogP) is 2.44. The Morgan fingerprint density at radius 2 is 2.00 bits per heavy atom. The van der Waals surface area contributed by atoms with E-state index in [4.69, 9.17) is 21.2 Å². The molecule has 0 saturated carbocycles. The van der Waals surface area contributed by atoms with E-state index in [1.54, 1.807) is 6.92 Å². The molecule has 0 aliphatic rings. The van der Waals surface area contributed by atoms with Gasteiger partial charge in [-0.15, -0.1) is 0 Å². The molecule has 0 spiro atoms. The Bertz CT molecular complexity index is 813. The van der Waals surface area contributed by atoms with Crippen LogP contribution in [0.5, 0.6) is 0 Å². The molecule has 2 aromatic rings. The van der Waals surface area contributed by atoms with E-state index in [-0.39, 0.29) is 26.9 Å². The molecular formula is C12H11ClN2O5S. The lowest BCUT2D eigenvalue weighted by atomic mass is 10.1. The summed E-state index contributed by atoms with van der Waals surface area (Å²) in [5.41, 5.74) is -0.0983. The summed E-state index contributed by atoms with van der Waals surface area (Å²) in [5.74, 6) is -0.825. The molecule has 0 radical (unpaired) electrons. The van der Waals surface area contributed by atoms with Crippen molar-refractivity contribution >= 4 is 33.4 Å². The fourth-order valence-electron chi connectivity index (χ4n) is 1.76. The summed E-state index contributed by atoms with van der Waals surface area (Å²) >= 11 is 5.79. The lowest BCUT2D eigenvalue weighted by Crippen LogP contribution is -2.16. The van der Waals surface area contributed by atoms with Gasteiger partial charge in [0.25, 0.3) is 10.0 Å². The van der Waals surface area contributed by atoms with Crippen LogP contribution in [0.2, 0.25) is 5.02 Å². The van der Waals surface area contributed by atoms with E-state index in [0.717, 1.165) is 0 Å². The van der Waals surface area contributed by atoms with E-state index in [1.807, 2.05) is 0 Å². The number of anilines is 1. The van der Waals surface area contributed by atoms with Gasteiger partial charge in [-0.25, -0.2) is 13.2 Å². The lowest BCUT2D eigenvalue weighted by molar-refractivity contribution is 0.0696. The Kier molecular flexibility index (Phi) is 3.93. The SMILES string of the molecule is Cc1cc(NS(=O)(=O)c2cc(Cl)cc(C(=O)O)c2C)no1. The second-order valence-corrected chi connectivity index (χ2v) is 6.40.